The van der Waals surface area contributed by atoms with Crippen molar-refractivity contribution in [3.8, 4) is 5.75 Å². The van der Waals surface area contributed by atoms with Gasteiger partial charge in [0.1, 0.15) is 23.7 Å². The van der Waals surface area contributed by atoms with Gasteiger partial charge in [0.15, 0.2) is 0 Å². The summed E-state index contributed by atoms with van der Waals surface area (Å²) in [7, 11) is 1.76. The predicted octanol–water partition coefficient (Wildman–Crippen LogP) is 2.32. The Bertz CT molecular complexity index is 773. The number of nitrogens with one attached hydrogen (secondary N) is 1. The van der Waals surface area contributed by atoms with Crippen LogP contribution in [0, 0.1) is 0 Å². The molecule has 2 heterocycles. The van der Waals surface area contributed by atoms with Crippen LogP contribution in [0.1, 0.15) is 29.0 Å². The first-order valence-corrected chi connectivity index (χ1v) is 9.41. The van der Waals surface area contributed by atoms with Gasteiger partial charge >= 0.3 is 0 Å². The molecule has 1 aliphatic rings. The summed E-state index contributed by atoms with van der Waals surface area (Å²) >= 11 is 1.90. The van der Waals surface area contributed by atoms with Crippen LogP contribution in [0.3, 0.4) is 0 Å². The first-order valence-electron chi connectivity index (χ1n) is 8.26. The zero-order valence-corrected chi connectivity index (χ0v) is 14.9. The van der Waals surface area contributed by atoms with E-state index in [1.165, 1.54) is 6.20 Å². The summed E-state index contributed by atoms with van der Waals surface area (Å²) in [4.78, 5) is 33.3. The number of aromatic amines is 1. The number of aromatic nitrogens is 2. The number of carbonyl (C=O) groups is 1. The maximum absolute atomic E-state index is 12.6. The van der Waals surface area contributed by atoms with Crippen molar-refractivity contribution in [3.05, 3.63) is 58.3 Å². The van der Waals surface area contributed by atoms with Crippen LogP contribution < -0.4 is 10.3 Å². The van der Waals surface area contributed by atoms with Gasteiger partial charge in [-0.25, -0.2) is 4.98 Å². The zero-order valence-electron chi connectivity index (χ0n) is 14.1. The average Bonchev–Trinajstić information content (AvgIpc) is 2.67. The minimum atomic E-state index is -0.427. The van der Waals surface area contributed by atoms with E-state index in [-0.39, 0.29) is 24.1 Å². The number of carbonyl (C=O) groups excluding carboxylic acids is 1. The Morgan fingerprint density at radius 1 is 1.32 bits per heavy atom. The van der Waals surface area contributed by atoms with Crippen LogP contribution in [0.4, 0.5) is 0 Å². The highest BCUT2D eigenvalue weighted by Gasteiger charge is 2.25. The van der Waals surface area contributed by atoms with Crippen LogP contribution in [0.2, 0.25) is 0 Å². The first-order chi connectivity index (χ1) is 12.1. The Labute approximate surface area is 150 Å². The minimum absolute atomic E-state index is 0.0733. The Kier molecular flexibility index (Phi) is 5.75. The fourth-order valence-electron chi connectivity index (χ4n) is 2.75. The van der Waals surface area contributed by atoms with E-state index in [4.69, 9.17) is 4.74 Å². The smallest absolute Gasteiger partial charge is 0.263 e. The van der Waals surface area contributed by atoms with Gasteiger partial charge in [0.25, 0.3) is 11.5 Å². The van der Waals surface area contributed by atoms with E-state index < -0.39 is 5.56 Å². The largest absolute Gasteiger partial charge is 0.486 e. The summed E-state index contributed by atoms with van der Waals surface area (Å²) in [5.74, 6) is 2.91. The Hall–Kier alpha value is -2.28. The van der Waals surface area contributed by atoms with Crippen LogP contribution in [-0.4, -0.2) is 45.4 Å². The molecule has 2 aromatic rings. The second-order valence-corrected chi connectivity index (χ2v) is 7.16. The predicted molar refractivity (Wildman–Crippen MR) is 98.1 cm³/mol. The molecule has 1 aromatic carbocycles. The van der Waals surface area contributed by atoms with Gasteiger partial charge in [-0.2, -0.15) is 11.8 Å². The number of rotatable bonds is 5. The Morgan fingerprint density at radius 3 is 2.72 bits per heavy atom. The quantitative estimate of drug-likeness (QED) is 0.887. The van der Waals surface area contributed by atoms with Crippen molar-refractivity contribution in [3.63, 3.8) is 0 Å². The molecule has 0 spiro atoms. The van der Waals surface area contributed by atoms with Gasteiger partial charge in [-0.1, -0.05) is 18.2 Å². The lowest BCUT2D eigenvalue weighted by Gasteiger charge is -2.30. The highest BCUT2D eigenvalue weighted by atomic mass is 32.2. The van der Waals surface area contributed by atoms with E-state index in [2.05, 4.69) is 9.97 Å². The number of para-hydroxylation sites is 1. The molecule has 25 heavy (non-hydrogen) atoms. The molecule has 7 heteroatoms. The molecule has 1 saturated heterocycles. The lowest BCUT2D eigenvalue weighted by molar-refractivity contribution is 0.0721. The summed E-state index contributed by atoms with van der Waals surface area (Å²) in [6.45, 7) is 0.142. The summed E-state index contributed by atoms with van der Waals surface area (Å²) in [5.41, 5.74) is -0.354. The second kappa shape index (κ2) is 8.20. The van der Waals surface area contributed by atoms with Crippen molar-refractivity contribution < 1.29 is 9.53 Å². The van der Waals surface area contributed by atoms with Crippen LogP contribution >= 0.6 is 11.8 Å². The van der Waals surface area contributed by atoms with E-state index in [0.29, 0.717) is 11.6 Å². The second-order valence-electron chi connectivity index (χ2n) is 5.93. The van der Waals surface area contributed by atoms with E-state index in [1.807, 2.05) is 42.1 Å². The van der Waals surface area contributed by atoms with E-state index in [0.717, 1.165) is 24.3 Å². The monoisotopic (exact) mass is 359 g/mol. The Balaban J connectivity index is 1.66. The number of benzene rings is 1. The fourth-order valence-corrected chi connectivity index (χ4v) is 3.84. The topological polar surface area (TPSA) is 75.3 Å². The van der Waals surface area contributed by atoms with Crippen molar-refractivity contribution in [1.29, 1.82) is 0 Å². The molecule has 0 radical (unpaired) electrons. The molecular formula is C18H21N3O3S. The van der Waals surface area contributed by atoms with E-state index in [1.54, 1.807) is 11.9 Å². The van der Waals surface area contributed by atoms with E-state index >= 15 is 0 Å². The lowest BCUT2D eigenvalue weighted by atomic mass is 10.1. The number of hydrogen-bond donors (Lipinski definition) is 1. The van der Waals surface area contributed by atoms with Crippen LogP contribution in [0.5, 0.6) is 5.75 Å². The highest BCUT2D eigenvalue weighted by molar-refractivity contribution is 7.99. The maximum Gasteiger partial charge on any atom is 0.263 e. The van der Waals surface area contributed by atoms with Gasteiger partial charge in [-0.15, -0.1) is 0 Å². The van der Waals surface area contributed by atoms with Gasteiger partial charge < -0.3 is 14.6 Å². The van der Waals surface area contributed by atoms with E-state index in [9.17, 15) is 9.59 Å². The number of H-pyrrole nitrogens is 1. The van der Waals surface area contributed by atoms with Crippen molar-refractivity contribution in [1.82, 2.24) is 14.9 Å². The molecule has 1 aromatic heterocycles. The van der Waals surface area contributed by atoms with Crippen LogP contribution in [-0.2, 0) is 6.61 Å². The zero-order chi connectivity index (χ0) is 17.6. The average molecular weight is 359 g/mol. The summed E-state index contributed by atoms with van der Waals surface area (Å²) < 4.78 is 5.56. The lowest BCUT2D eigenvalue weighted by Crippen LogP contribution is -2.41. The molecule has 0 unspecified atom stereocenters. The van der Waals surface area contributed by atoms with Crippen molar-refractivity contribution in [2.75, 3.05) is 18.6 Å². The van der Waals surface area contributed by atoms with Gasteiger partial charge in [0.2, 0.25) is 0 Å². The normalized spacial score (nSPS) is 14.9. The van der Waals surface area contributed by atoms with Crippen molar-refractivity contribution in [2.45, 2.75) is 25.5 Å². The molecule has 6 nitrogen and oxygen atoms in total. The first kappa shape index (κ1) is 17.5. The number of amides is 1. The SMILES string of the molecule is CN(C(=O)c1cnc(COc2ccccc2)[nH]c1=O)C1CCSCC1. The molecule has 0 saturated carbocycles. The molecule has 1 fully saturated rings. The molecule has 1 aliphatic heterocycles. The van der Waals surface area contributed by atoms with Crippen molar-refractivity contribution >= 4 is 17.7 Å². The van der Waals surface area contributed by atoms with Gasteiger partial charge in [-0.3, -0.25) is 9.59 Å². The maximum atomic E-state index is 12.6. The van der Waals surface area contributed by atoms with Crippen LogP contribution in [0.15, 0.2) is 41.3 Å². The molecular weight excluding hydrogens is 338 g/mol. The summed E-state index contributed by atoms with van der Waals surface area (Å²) in [6.07, 6.45) is 3.27. The van der Waals surface area contributed by atoms with Gasteiger partial charge in [-0.05, 0) is 36.5 Å². The van der Waals surface area contributed by atoms with Crippen LogP contribution in [0.25, 0.3) is 0 Å². The number of thioether (sulfide) groups is 1. The Morgan fingerprint density at radius 2 is 2.04 bits per heavy atom. The minimum Gasteiger partial charge on any atom is -0.486 e. The molecule has 0 bridgehead atoms. The third-order valence-electron chi connectivity index (χ3n) is 4.26. The number of hydrogen-bond acceptors (Lipinski definition) is 5. The van der Waals surface area contributed by atoms with Crippen molar-refractivity contribution in [2.24, 2.45) is 0 Å². The molecule has 3 rings (SSSR count). The fraction of sp³-hybridized carbons (Fsp3) is 0.389. The standard InChI is InChI=1S/C18H21N3O3S/c1-21(13-7-9-25-10-8-13)18(23)15-11-19-16(20-17(15)22)12-24-14-5-3-2-4-6-14/h2-6,11,13H,7-10,12H2,1H3,(H,19,20,22). The molecule has 1 amide bonds. The summed E-state index contributed by atoms with van der Waals surface area (Å²) in [6, 6.07) is 9.48. The summed E-state index contributed by atoms with van der Waals surface area (Å²) in [5, 5.41) is 0. The third-order valence-corrected chi connectivity index (χ3v) is 5.31. The van der Waals surface area contributed by atoms with Gasteiger partial charge in [0.05, 0.1) is 0 Å². The third kappa shape index (κ3) is 4.42. The van der Waals surface area contributed by atoms with Gasteiger partial charge in [0, 0.05) is 19.3 Å². The highest BCUT2D eigenvalue weighted by Crippen LogP contribution is 2.21. The molecule has 0 aliphatic carbocycles. The molecule has 132 valence electrons. The molecule has 0 atom stereocenters. The number of ether oxygens (including phenoxy) is 1. The molecule has 1 N–H and O–H groups in total. The number of nitrogens with zero attached hydrogens (tertiary/aromatic N) is 2.